The minimum Gasteiger partial charge on any atom is -0.481 e. The molecule has 0 atom stereocenters. The highest BCUT2D eigenvalue weighted by Gasteiger charge is 2.53. The Balaban J connectivity index is 1.80. The molecule has 3 fully saturated rings. The number of carboxylic acids is 1. The fourth-order valence-corrected chi connectivity index (χ4v) is 4.76. The second kappa shape index (κ2) is 9.19. The molecule has 1 heterocycles. The Morgan fingerprint density at radius 2 is 1.82 bits per heavy atom. The number of rotatable bonds is 9. The van der Waals surface area contributed by atoms with Crippen LogP contribution in [-0.2, 0) is 9.59 Å². The van der Waals surface area contributed by atoms with Crippen molar-refractivity contribution in [3.8, 4) is 5.88 Å². The summed E-state index contributed by atoms with van der Waals surface area (Å²) in [6.07, 6.45) is 8.69. The Labute approximate surface area is 194 Å². The highest BCUT2D eigenvalue weighted by molar-refractivity contribution is 5.97. The molecule has 4 rings (SSSR count). The van der Waals surface area contributed by atoms with Crippen molar-refractivity contribution in [1.29, 1.82) is 0 Å². The van der Waals surface area contributed by atoms with Crippen LogP contribution in [0.4, 0.5) is 0 Å². The maximum absolute atomic E-state index is 13.3. The van der Waals surface area contributed by atoms with Gasteiger partial charge in [0, 0.05) is 18.7 Å². The normalized spacial score (nSPS) is 24.8. The fourth-order valence-electron chi connectivity index (χ4n) is 4.76. The summed E-state index contributed by atoms with van der Waals surface area (Å²) in [6, 6.07) is 0. The van der Waals surface area contributed by atoms with Crippen LogP contribution in [0.1, 0.15) is 83.5 Å². The van der Waals surface area contributed by atoms with E-state index in [2.05, 4.69) is 15.7 Å². The highest BCUT2D eigenvalue weighted by atomic mass is 16.5. The molecule has 9 heteroatoms. The number of carboxylic acid groups (broad SMARTS) is 1. The molecule has 0 spiro atoms. The summed E-state index contributed by atoms with van der Waals surface area (Å²) in [5.41, 5.74) is -1.27. The summed E-state index contributed by atoms with van der Waals surface area (Å²) >= 11 is 0. The lowest BCUT2D eigenvalue weighted by Gasteiger charge is -2.51. The number of fused-ring (bicyclic) bond motifs is 3. The number of carbonyl (C=O) groups excluding carboxylic acids is 2. The highest BCUT2D eigenvalue weighted by Crippen LogP contribution is 2.52. The first kappa shape index (κ1) is 24.8. The van der Waals surface area contributed by atoms with Gasteiger partial charge in [0.05, 0.1) is 23.8 Å². The summed E-state index contributed by atoms with van der Waals surface area (Å²) in [7, 11) is 0. The maximum Gasteiger partial charge on any atom is 0.309 e. The zero-order valence-electron chi connectivity index (χ0n) is 20.2. The quantitative estimate of drug-likeness (QED) is 0.520. The van der Waals surface area contributed by atoms with Gasteiger partial charge in [-0.05, 0) is 64.4 Å². The maximum atomic E-state index is 13.3. The molecule has 1 aromatic rings. The van der Waals surface area contributed by atoms with Gasteiger partial charge in [-0.15, -0.1) is 0 Å². The number of amides is 2. The average Bonchev–Trinajstić information content (AvgIpc) is 3.14. The first-order valence-corrected chi connectivity index (χ1v) is 11.6. The molecule has 0 aliphatic heterocycles. The molecule has 3 N–H and O–H groups in total. The van der Waals surface area contributed by atoms with Gasteiger partial charge >= 0.3 is 5.97 Å². The van der Waals surface area contributed by atoms with E-state index in [0.29, 0.717) is 56.6 Å². The van der Waals surface area contributed by atoms with Gasteiger partial charge in [0.1, 0.15) is 5.56 Å². The van der Waals surface area contributed by atoms with Crippen molar-refractivity contribution in [2.75, 3.05) is 6.61 Å². The molecular weight excluding hydrogens is 424 g/mol. The Morgan fingerprint density at radius 1 is 1.21 bits per heavy atom. The number of ether oxygens (including phenoxy) is 1. The number of aromatic nitrogens is 2. The number of hydrogen-bond donors (Lipinski definition) is 3. The van der Waals surface area contributed by atoms with Crippen molar-refractivity contribution in [2.45, 2.75) is 84.2 Å². The third kappa shape index (κ3) is 5.57. The Morgan fingerprint density at radius 3 is 2.33 bits per heavy atom. The molecule has 0 aromatic carbocycles. The van der Waals surface area contributed by atoms with Gasteiger partial charge in [0.15, 0.2) is 0 Å². The molecule has 182 valence electrons. The van der Waals surface area contributed by atoms with E-state index in [-0.39, 0.29) is 23.3 Å². The zero-order valence-corrected chi connectivity index (χ0v) is 20.2. The first-order valence-electron chi connectivity index (χ1n) is 11.6. The van der Waals surface area contributed by atoms with Gasteiger partial charge in [-0.2, -0.15) is 5.10 Å². The second-order valence-corrected chi connectivity index (χ2v) is 10.6. The molecule has 0 radical (unpaired) electrons. The van der Waals surface area contributed by atoms with Crippen LogP contribution in [0.2, 0.25) is 0 Å². The van der Waals surface area contributed by atoms with E-state index >= 15 is 0 Å². The molecule has 33 heavy (non-hydrogen) atoms. The standard InChI is InChI=1S/C24H36N4O5/c1-16(2)15-33-20-18(14-25-28(20)13-12-22(4,5)26-17(3)29)19(30)27-24-9-6-23(7-10-24,8-11-24)21(31)32/h12-14,16H,6-11,15H2,1-5H3,(H,26,29)(H,27,30)(H,31,32). The van der Waals surface area contributed by atoms with Crippen LogP contribution in [0.5, 0.6) is 5.88 Å². The summed E-state index contributed by atoms with van der Waals surface area (Å²) in [4.78, 5) is 36.4. The van der Waals surface area contributed by atoms with Gasteiger partial charge < -0.3 is 20.5 Å². The van der Waals surface area contributed by atoms with Gasteiger partial charge in [-0.3, -0.25) is 14.4 Å². The number of carbonyl (C=O) groups is 3. The van der Waals surface area contributed by atoms with E-state index < -0.39 is 16.9 Å². The second-order valence-electron chi connectivity index (χ2n) is 10.6. The van der Waals surface area contributed by atoms with Crippen molar-refractivity contribution >= 4 is 24.0 Å². The number of nitrogens with one attached hydrogen (secondary N) is 2. The molecule has 3 aliphatic carbocycles. The molecule has 2 amide bonds. The lowest BCUT2D eigenvalue weighted by molar-refractivity contribution is -0.156. The number of aliphatic carboxylic acids is 1. The Kier molecular flexibility index (Phi) is 6.91. The van der Waals surface area contributed by atoms with Crippen LogP contribution in [0.15, 0.2) is 12.3 Å². The average molecular weight is 461 g/mol. The predicted molar refractivity (Wildman–Crippen MR) is 124 cm³/mol. The molecule has 2 bridgehead atoms. The molecule has 1 aromatic heterocycles. The van der Waals surface area contributed by atoms with Crippen LogP contribution in [0.3, 0.4) is 0 Å². The van der Waals surface area contributed by atoms with Crippen LogP contribution in [0.25, 0.3) is 6.20 Å². The first-order chi connectivity index (χ1) is 15.4. The Hall–Kier alpha value is -2.84. The van der Waals surface area contributed by atoms with E-state index in [0.717, 1.165) is 0 Å². The molecule has 0 saturated heterocycles. The zero-order chi connectivity index (χ0) is 24.4. The van der Waals surface area contributed by atoms with E-state index in [9.17, 15) is 19.5 Å². The van der Waals surface area contributed by atoms with Gasteiger partial charge in [0.2, 0.25) is 11.8 Å². The third-order valence-electron chi connectivity index (χ3n) is 6.76. The van der Waals surface area contributed by atoms with E-state index in [1.165, 1.54) is 17.8 Å². The summed E-state index contributed by atoms with van der Waals surface area (Å²) < 4.78 is 7.48. The van der Waals surface area contributed by atoms with Crippen molar-refractivity contribution in [2.24, 2.45) is 11.3 Å². The van der Waals surface area contributed by atoms with Crippen molar-refractivity contribution in [3.63, 3.8) is 0 Å². The van der Waals surface area contributed by atoms with Crippen LogP contribution in [-0.4, -0.2) is 50.4 Å². The SMILES string of the molecule is CC(=O)NC(C)(C)C=Cn1ncc(C(=O)NC23CCC(C(=O)O)(CC2)CC3)c1OCC(C)C. The molecule has 0 unspecified atom stereocenters. The van der Waals surface area contributed by atoms with E-state index in [4.69, 9.17) is 4.74 Å². The molecule has 3 saturated carbocycles. The van der Waals surface area contributed by atoms with Crippen LogP contribution < -0.4 is 15.4 Å². The number of nitrogens with zero attached hydrogens (tertiary/aromatic N) is 2. The molecular formula is C24H36N4O5. The minimum atomic E-state index is -0.721. The number of hydrogen-bond acceptors (Lipinski definition) is 5. The van der Waals surface area contributed by atoms with E-state index in [1.54, 1.807) is 12.3 Å². The lowest BCUT2D eigenvalue weighted by Crippen LogP contribution is -2.58. The molecule has 3 aliphatic rings. The lowest BCUT2D eigenvalue weighted by atomic mass is 9.57. The van der Waals surface area contributed by atoms with Gasteiger partial charge in [0.25, 0.3) is 5.91 Å². The van der Waals surface area contributed by atoms with Crippen LogP contribution >= 0.6 is 0 Å². The largest absolute Gasteiger partial charge is 0.481 e. The smallest absolute Gasteiger partial charge is 0.309 e. The molecule has 9 nitrogen and oxygen atoms in total. The topological polar surface area (TPSA) is 123 Å². The fraction of sp³-hybridized carbons (Fsp3) is 0.667. The van der Waals surface area contributed by atoms with Gasteiger partial charge in [-0.25, -0.2) is 4.68 Å². The Bertz CT molecular complexity index is 922. The minimum absolute atomic E-state index is 0.146. The monoisotopic (exact) mass is 460 g/mol. The van der Waals surface area contributed by atoms with Gasteiger partial charge in [-0.1, -0.05) is 13.8 Å². The summed E-state index contributed by atoms with van der Waals surface area (Å²) in [6.45, 7) is 9.64. The summed E-state index contributed by atoms with van der Waals surface area (Å²) in [5.74, 6) is -0.531. The third-order valence-corrected chi connectivity index (χ3v) is 6.76. The van der Waals surface area contributed by atoms with Crippen molar-refractivity contribution in [3.05, 3.63) is 17.8 Å². The van der Waals surface area contributed by atoms with Crippen LogP contribution in [0, 0.1) is 11.3 Å². The van der Waals surface area contributed by atoms with Crippen molar-refractivity contribution in [1.82, 2.24) is 20.4 Å². The predicted octanol–water partition coefficient (Wildman–Crippen LogP) is 3.21. The van der Waals surface area contributed by atoms with Crippen molar-refractivity contribution < 1.29 is 24.2 Å². The summed E-state index contributed by atoms with van der Waals surface area (Å²) in [5, 5.41) is 20.0. The van der Waals surface area contributed by atoms with E-state index in [1.807, 2.05) is 27.7 Å².